The number of nitrogens with zero attached hydrogens (tertiary/aromatic N) is 4. The van der Waals surface area contributed by atoms with Crippen LogP contribution in [0.15, 0.2) is 17.6 Å². The fourth-order valence-corrected chi connectivity index (χ4v) is 4.49. The van der Waals surface area contributed by atoms with Crippen LogP contribution in [0.2, 0.25) is 0 Å². The standard InChI is InChI=1S/C19H28N4O2/c1-3-11-22-17-15(18(24)21(2)19(22)25)23(12-13-9-10-13)16(20-17)14-7-5-4-6-8-14/h3,13-15,17H,1,4-12H2,2H3. The van der Waals surface area contributed by atoms with Crippen LogP contribution < -0.4 is 0 Å². The molecule has 2 aliphatic heterocycles. The molecule has 25 heavy (non-hydrogen) atoms. The van der Waals surface area contributed by atoms with E-state index in [4.69, 9.17) is 4.99 Å². The van der Waals surface area contributed by atoms with Crippen molar-refractivity contribution in [2.75, 3.05) is 20.1 Å². The van der Waals surface area contributed by atoms with Gasteiger partial charge in [0, 0.05) is 26.1 Å². The van der Waals surface area contributed by atoms with Crippen molar-refractivity contribution in [2.45, 2.75) is 57.2 Å². The van der Waals surface area contributed by atoms with Gasteiger partial charge in [0.25, 0.3) is 5.91 Å². The molecule has 2 heterocycles. The number of rotatable bonds is 5. The Bertz CT molecular complexity index is 607. The van der Waals surface area contributed by atoms with Gasteiger partial charge in [0.2, 0.25) is 0 Å². The monoisotopic (exact) mass is 344 g/mol. The number of urea groups is 1. The zero-order chi connectivity index (χ0) is 17.6. The summed E-state index contributed by atoms with van der Waals surface area (Å²) in [6.45, 7) is 5.11. The number of likely N-dealkylation sites (N-methyl/N-ethyl adjacent to an activating group) is 1. The Labute approximate surface area is 149 Å². The molecule has 0 aromatic heterocycles. The molecule has 0 N–H and O–H groups in total. The van der Waals surface area contributed by atoms with E-state index in [1.54, 1.807) is 18.0 Å². The Hall–Kier alpha value is -1.85. The van der Waals surface area contributed by atoms with Crippen LogP contribution in [0, 0.1) is 11.8 Å². The largest absolute Gasteiger partial charge is 0.344 e. The summed E-state index contributed by atoms with van der Waals surface area (Å²) in [6.07, 6.45) is 9.89. The fourth-order valence-electron chi connectivity index (χ4n) is 4.49. The number of amides is 3. The number of imide groups is 1. The first-order valence-electron chi connectivity index (χ1n) is 9.65. The van der Waals surface area contributed by atoms with Gasteiger partial charge in [-0.3, -0.25) is 14.6 Å². The zero-order valence-corrected chi connectivity index (χ0v) is 15.1. The average Bonchev–Trinajstić information content (AvgIpc) is 3.37. The summed E-state index contributed by atoms with van der Waals surface area (Å²) in [5.41, 5.74) is 0. The molecule has 1 saturated heterocycles. The van der Waals surface area contributed by atoms with Crippen molar-refractivity contribution in [3.8, 4) is 0 Å². The zero-order valence-electron chi connectivity index (χ0n) is 15.1. The van der Waals surface area contributed by atoms with Crippen LogP contribution >= 0.6 is 0 Å². The molecule has 0 bridgehead atoms. The number of amidine groups is 1. The number of carbonyl (C=O) groups is 2. The second-order valence-electron chi connectivity index (χ2n) is 7.90. The quantitative estimate of drug-likeness (QED) is 0.720. The molecular weight excluding hydrogens is 316 g/mol. The lowest BCUT2D eigenvalue weighted by atomic mass is 9.88. The topological polar surface area (TPSA) is 56.2 Å². The number of fused-ring (bicyclic) bond motifs is 1. The minimum Gasteiger partial charge on any atom is -0.344 e. The summed E-state index contributed by atoms with van der Waals surface area (Å²) in [6, 6.07) is -0.605. The van der Waals surface area contributed by atoms with Gasteiger partial charge in [-0.2, -0.15) is 0 Å². The summed E-state index contributed by atoms with van der Waals surface area (Å²) in [7, 11) is 1.59. The lowest BCUT2D eigenvalue weighted by Crippen LogP contribution is -2.65. The first-order chi connectivity index (χ1) is 12.1. The summed E-state index contributed by atoms with van der Waals surface area (Å²) < 4.78 is 0. The Morgan fingerprint density at radius 3 is 2.48 bits per heavy atom. The van der Waals surface area contributed by atoms with Crippen LogP contribution in [-0.2, 0) is 4.79 Å². The molecule has 2 atom stereocenters. The van der Waals surface area contributed by atoms with Crippen molar-refractivity contribution >= 4 is 17.8 Å². The molecular formula is C19H28N4O2. The average molecular weight is 344 g/mol. The SMILES string of the molecule is C=CCN1C(=O)N(C)C(=O)C2C1N=C(C1CCCCC1)N2CC1CC1. The lowest BCUT2D eigenvalue weighted by Gasteiger charge is -2.42. The second-order valence-corrected chi connectivity index (χ2v) is 7.90. The molecule has 0 spiro atoms. The maximum absolute atomic E-state index is 12.9. The summed E-state index contributed by atoms with van der Waals surface area (Å²) in [5.74, 6) is 2.10. The first-order valence-corrected chi connectivity index (χ1v) is 9.65. The van der Waals surface area contributed by atoms with Gasteiger partial charge >= 0.3 is 6.03 Å². The molecule has 0 radical (unpaired) electrons. The third kappa shape index (κ3) is 2.85. The molecule has 6 heteroatoms. The normalized spacial score (nSPS) is 30.6. The predicted molar refractivity (Wildman–Crippen MR) is 96.1 cm³/mol. The van der Waals surface area contributed by atoms with Crippen LogP contribution in [0.4, 0.5) is 4.79 Å². The van der Waals surface area contributed by atoms with Crippen molar-refractivity contribution in [1.29, 1.82) is 0 Å². The molecule has 4 aliphatic rings. The maximum Gasteiger partial charge on any atom is 0.328 e. The molecule has 6 nitrogen and oxygen atoms in total. The highest BCUT2D eigenvalue weighted by Crippen LogP contribution is 2.38. The second kappa shape index (κ2) is 6.46. The Morgan fingerprint density at radius 1 is 1.12 bits per heavy atom. The maximum atomic E-state index is 12.9. The highest BCUT2D eigenvalue weighted by atomic mass is 16.2. The number of aliphatic imine (C=N–C) groups is 1. The Kier molecular flexibility index (Phi) is 4.29. The van der Waals surface area contributed by atoms with Gasteiger partial charge in [0.15, 0.2) is 12.2 Å². The van der Waals surface area contributed by atoms with Crippen molar-refractivity contribution in [3.63, 3.8) is 0 Å². The van der Waals surface area contributed by atoms with E-state index in [-0.39, 0.29) is 24.1 Å². The molecule has 0 aromatic rings. The third-order valence-electron chi connectivity index (χ3n) is 6.06. The minimum atomic E-state index is -0.384. The van der Waals surface area contributed by atoms with Gasteiger partial charge in [-0.1, -0.05) is 25.3 Å². The van der Waals surface area contributed by atoms with Crippen molar-refractivity contribution in [2.24, 2.45) is 16.8 Å². The molecule has 2 unspecified atom stereocenters. The van der Waals surface area contributed by atoms with Crippen LogP contribution in [0.3, 0.4) is 0 Å². The van der Waals surface area contributed by atoms with E-state index in [0.29, 0.717) is 18.4 Å². The highest BCUT2D eigenvalue weighted by molar-refractivity contribution is 6.04. The van der Waals surface area contributed by atoms with Crippen molar-refractivity contribution in [1.82, 2.24) is 14.7 Å². The number of hydrogen-bond donors (Lipinski definition) is 0. The molecule has 3 fully saturated rings. The van der Waals surface area contributed by atoms with Crippen LogP contribution in [0.1, 0.15) is 44.9 Å². The highest BCUT2D eigenvalue weighted by Gasteiger charge is 2.53. The van der Waals surface area contributed by atoms with Gasteiger partial charge in [-0.15, -0.1) is 6.58 Å². The Balaban J connectivity index is 1.68. The van der Waals surface area contributed by atoms with Crippen molar-refractivity contribution in [3.05, 3.63) is 12.7 Å². The van der Waals surface area contributed by atoms with Crippen LogP contribution in [-0.4, -0.2) is 64.8 Å². The van der Waals surface area contributed by atoms with Crippen LogP contribution in [0.25, 0.3) is 0 Å². The van der Waals surface area contributed by atoms with E-state index in [2.05, 4.69) is 11.5 Å². The lowest BCUT2D eigenvalue weighted by molar-refractivity contribution is -0.136. The molecule has 4 rings (SSSR count). The molecule has 136 valence electrons. The Morgan fingerprint density at radius 2 is 1.84 bits per heavy atom. The van der Waals surface area contributed by atoms with Crippen LogP contribution in [0.5, 0.6) is 0 Å². The summed E-state index contributed by atoms with van der Waals surface area (Å²) in [5, 5.41) is 0. The molecule has 0 aromatic carbocycles. The fraction of sp³-hybridized carbons (Fsp3) is 0.737. The van der Waals surface area contributed by atoms with E-state index in [9.17, 15) is 9.59 Å². The van der Waals surface area contributed by atoms with E-state index >= 15 is 0 Å². The number of hydrogen-bond acceptors (Lipinski definition) is 4. The van der Waals surface area contributed by atoms with Gasteiger partial charge in [0.1, 0.15) is 5.84 Å². The number of carbonyl (C=O) groups excluding carboxylic acids is 2. The van der Waals surface area contributed by atoms with Crippen molar-refractivity contribution < 1.29 is 9.59 Å². The third-order valence-corrected chi connectivity index (χ3v) is 6.06. The van der Waals surface area contributed by atoms with E-state index < -0.39 is 0 Å². The van der Waals surface area contributed by atoms with Gasteiger partial charge in [-0.05, 0) is 31.6 Å². The summed E-state index contributed by atoms with van der Waals surface area (Å²) in [4.78, 5) is 35.8. The first kappa shape index (κ1) is 16.6. The van der Waals surface area contributed by atoms with E-state index in [1.165, 1.54) is 37.0 Å². The van der Waals surface area contributed by atoms with E-state index in [1.807, 2.05) is 0 Å². The molecule has 2 aliphatic carbocycles. The summed E-state index contributed by atoms with van der Waals surface area (Å²) >= 11 is 0. The molecule has 3 amide bonds. The van der Waals surface area contributed by atoms with Gasteiger partial charge in [0.05, 0.1) is 0 Å². The predicted octanol–water partition coefficient (Wildman–Crippen LogP) is 2.47. The minimum absolute atomic E-state index is 0.106. The molecule has 2 saturated carbocycles. The van der Waals surface area contributed by atoms with E-state index in [0.717, 1.165) is 25.2 Å². The van der Waals surface area contributed by atoms with Gasteiger partial charge < -0.3 is 4.90 Å². The van der Waals surface area contributed by atoms with Gasteiger partial charge in [-0.25, -0.2) is 9.79 Å². The smallest absolute Gasteiger partial charge is 0.328 e.